The van der Waals surface area contributed by atoms with Crippen molar-refractivity contribution in [2.45, 2.75) is 23.3 Å². The van der Waals surface area contributed by atoms with E-state index in [0.717, 1.165) is 25.6 Å². The second-order valence-corrected chi connectivity index (χ2v) is 7.74. The van der Waals surface area contributed by atoms with Crippen LogP contribution in [0.25, 0.3) is 0 Å². The minimum Gasteiger partial charge on any atom is -0.383 e. The van der Waals surface area contributed by atoms with E-state index in [0.29, 0.717) is 18.7 Å². The summed E-state index contributed by atoms with van der Waals surface area (Å²) in [6, 6.07) is 6.06. The molecule has 0 bridgehead atoms. The summed E-state index contributed by atoms with van der Waals surface area (Å²) in [7, 11) is -1.68. The Morgan fingerprint density at radius 2 is 2.17 bits per heavy atom. The molecule has 1 atom stereocenters. The lowest BCUT2D eigenvalue weighted by Gasteiger charge is -2.29. The Kier molecular flexibility index (Phi) is 7.01. The van der Waals surface area contributed by atoms with E-state index in [-0.39, 0.29) is 28.7 Å². The molecular weight excluding hydrogens is 340 g/mol. The second kappa shape index (κ2) is 8.10. The number of carbonyl (C=O) groups excluding carboxylic acids is 1. The Bertz CT molecular complexity index is 643. The molecule has 1 saturated heterocycles. The Hall–Kier alpha value is -1.15. The number of nitrogens with one attached hydrogen (secondary N) is 2. The lowest BCUT2D eigenvalue weighted by Crippen LogP contribution is -2.53. The van der Waals surface area contributed by atoms with E-state index < -0.39 is 9.84 Å². The average molecular weight is 363 g/mol. The molecule has 2 N–H and O–H groups in total. The molecule has 2 rings (SSSR count). The zero-order valence-corrected chi connectivity index (χ0v) is 14.9. The largest absolute Gasteiger partial charge is 0.383 e. The van der Waals surface area contributed by atoms with Crippen molar-refractivity contribution >= 4 is 28.2 Å². The van der Waals surface area contributed by atoms with Crippen LogP contribution >= 0.6 is 12.4 Å². The Balaban J connectivity index is 0.00000264. The van der Waals surface area contributed by atoms with Gasteiger partial charge in [0.2, 0.25) is 0 Å². The molecule has 1 fully saturated rings. The number of sulfone groups is 1. The van der Waals surface area contributed by atoms with E-state index in [1.807, 2.05) is 0 Å². The van der Waals surface area contributed by atoms with Crippen LogP contribution in [0.5, 0.6) is 0 Å². The third-order valence-corrected chi connectivity index (χ3v) is 4.97. The highest BCUT2D eigenvalue weighted by atomic mass is 35.5. The Morgan fingerprint density at radius 1 is 1.43 bits per heavy atom. The third kappa shape index (κ3) is 5.17. The maximum absolute atomic E-state index is 12.3. The summed E-state index contributed by atoms with van der Waals surface area (Å²) in [4.78, 5) is 12.4. The van der Waals surface area contributed by atoms with Crippen LogP contribution < -0.4 is 10.6 Å². The fourth-order valence-corrected chi connectivity index (χ4v) is 3.36. The molecule has 0 aliphatic carbocycles. The molecule has 1 amide bonds. The maximum Gasteiger partial charge on any atom is 0.251 e. The molecule has 1 aromatic carbocycles. The number of carbonyl (C=O) groups is 1. The van der Waals surface area contributed by atoms with E-state index in [1.54, 1.807) is 19.2 Å². The molecular formula is C15H23ClN2O4S. The molecule has 130 valence electrons. The number of ether oxygens (including phenoxy) is 1. The smallest absolute Gasteiger partial charge is 0.251 e. The van der Waals surface area contributed by atoms with Gasteiger partial charge < -0.3 is 15.4 Å². The van der Waals surface area contributed by atoms with Gasteiger partial charge >= 0.3 is 0 Å². The molecule has 1 heterocycles. The van der Waals surface area contributed by atoms with E-state index in [9.17, 15) is 13.2 Å². The van der Waals surface area contributed by atoms with Crippen LogP contribution in [0, 0.1) is 0 Å². The van der Waals surface area contributed by atoms with Gasteiger partial charge in [-0.2, -0.15) is 0 Å². The van der Waals surface area contributed by atoms with Crippen LogP contribution in [0.1, 0.15) is 23.2 Å². The SMILES string of the molecule is COCC1(CNC(=O)c2cccc(S(C)(=O)=O)c2)CCCN1.Cl. The zero-order chi connectivity index (χ0) is 16.2. The molecule has 1 aliphatic rings. The first kappa shape index (κ1) is 19.9. The molecule has 1 aliphatic heterocycles. The summed E-state index contributed by atoms with van der Waals surface area (Å²) in [5.41, 5.74) is 0.104. The maximum atomic E-state index is 12.3. The molecule has 23 heavy (non-hydrogen) atoms. The molecule has 0 spiro atoms. The molecule has 8 heteroatoms. The van der Waals surface area contributed by atoms with Gasteiger partial charge in [0, 0.05) is 25.5 Å². The standard InChI is InChI=1S/C15H22N2O4S.ClH/c1-21-11-15(7-4-8-17-15)10-16-14(18)12-5-3-6-13(9-12)22(2,19)20;/h3,5-6,9,17H,4,7-8,10-11H2,1-2H3,(H,16,18);1H. The van der Waals surface area contributed by atoms with Crippen molar-refractivity contribution in [3.63, 3.8) is 0 Å². The van der Waals surface area contributed by atoms with Gasteiger partial charge in [-0.3, -0.25) is 4.79 Å². The topological polar surface area (TPSA) is 84.5 Å². The minimum absolute atomic E-state index is 0. The quantitative estimate of drug-likeness (QED) is 0.789. The van der Waals surface area contributed by atoms with Gasteiger partial charge in [-0.05, 0) is 37.6 Å². The number of benzene rings is 1. The molecule has 0 radical (unpaired) electrons. The minimum atomic E-state index is -3.32. The Morgan fingerprint density at radius 3 is 2.74 bits per heavy atom. The van der Waals surface area contributed by atoms with Crippen molar-refractivity contribution in [2.75, 3.05) is 33.1 Å². The molecule has 1 unspecified atom stereocenters. The number of methoxy groups -OCH3 is 1. The van der Waals surface area contributed by atoms with Gasteiger partial charge in [0.25, 0.3) is 5.91 Å². The molecule has 0 saturated carbocycles. The number of rotatable bonds is 6. The highest BCUT2D eigenvalue weighted by Crippen LogP contribution is 2.19. The summed E-state index contributed by atoms with van der Waals surface area (Å²) in [6.07, 6.45) is 3.10. The molecule has 6 nitrogen and oxygen atoms in total. The van der Waals surface area contributed by atoms with Gasteiger partial charge in [0.05, 0.1) is 17.0 Å². The first-order chi connectivity index (χ1) is 10.4. The van der Waals surface area contributed by atoms with E-state index in [2.05, 4.69) is 10.6 Å². The Labute approximate surface area is 143 Å². The van der Waals surface area contributed by atoms with E-state index >= 15 is 0 Å². The predicted octanol–water partition coefficient (Wildman–Crippen LogP) is 1.01. The van der Waals surface area contributed by atoms with Crippen molar-refractivity contribution < 1.29 is 17.9 Å². The van der Waals surface area contributed by atoms with Gasteiger partial charge in [-0.25, -0.2) is 8.42 Å². The highest BCUT2D eigenvalue weighted by molar-refractivity contribution is 7.90. The third-order valence-electron chi connectivity index (χ3n) is 3.86. The molecule has 0 aromatic heterocycles. The first-order valence-corrected chi connectivity index (χ1v) is 9.08. The fourth-order valence-electron chi connectivity index (χ4n) is 2.69. The lowest BCUT2D eigenvalue weighted by molar-refractivity contribution is 0.0892. The summed E-state index contributed by atoms with van der Waals surface area (Å²) >= 11 is 0. The molecule has 1 aromatic rings. The summed E-state index contributed by atoms with van der Waals surface area (Å²) in [5, 5.41) is 6.25. The van der Waals surface area contributed by atoms with Crippen LogP contribution in [0.3, 0.4) is 0 Å². The van der Waals surface area contributed by atoms with Gasteiger partial charge in [-0.15, -0.1) is 12.4 Å². The van der Waals surface area contributed by atoms with E-state index in [1.165, 1.54) is 12.1 Å². The fraction of sp³-hybridized carbons (Fsp3) is 0.533. The average Bonchev–Trinajstić information content (AvgIpc) is 2.93. The summed E-state index contributed by atoms with van der Waals surface area (Å²) < 4.78 is 28.3. The van der Waals surface area contributed by atoms with Crippen LogP contribution in [0.15, 0.2) is 29.2 Å². The summed E-state index contributed by atoms with van der Waals surface area (Å²) in [5.74, 6) is -0.283. The highest BCUT2D eigenvalue weighted by Gasteiger charge is 2.33. The predicted molar refractivity (Wildman–Crippen MR) is 91.0 cm³/mol. The monoisotopic (exact) mass is 362 g/mol. The number of hydrogen-bond donors (Lipinski definition) is 2. The first-order valence-electron chi connectivity index (χ1n) is 7.19. The van der Waals surface area contributed by atoms with Crippen molar-refractivity contribution in [2.24, 2.45) is 0 Å². The summed E-state index contributed by atoms with van der Waals surface area (Å²) in [6.45, 7) is 1.88. The normalized spacial score (nSPS) is 20.8. The van der Waals surface area contributed by atoms with Crippen molar-refractivity contribution in [3.8, 4) is 0 Å². The lowest BCUT2D eigenvalue weighted by atomic mass is 9.98. The van der Waals surface area contributed by atoms with Crippen molar-refractivity contribution in [3.05, 3.63) is 29.8 Å². The van der Waals surface area contributed by atoms with Gasteiger partial charge in [0.1, 0.15) is 0 Å². The number of halogens is 1. The van der Waals surface area contributed by atoms with Crippen LogP contribution in [-0.2, 0) is 14.6 Å². The number of hydrogen-bond acceptors (Lipinski definition) is 5. The van der Waals surface area contributed by atoms with Gasteiger partial charge in [-0.1, -0.05) is 6.07 Å². The van der Waals surface area contributed by atoms with Crippen LogP contribution in [-0.4, -0.2) is 52.9 Å². The van der Waals surface area contributed by atoms with E-state index in [4.69, 9.17) is 4.74 Å². The number of amides is 1. The second-order valence-electron chi connectivity index (χ2n) is 5.73. The van der Waals surface area contributed by atoms with Crippen LogP contribution in [0.2, 0.25) is 0 Å². The van der Waals surface area contributed by atoms with Crippen molar-refractivity contribution in [1.29, 1.82) is 0 Å². The van der Waals surface area contributed by atoms with Crippen molar-refractivity contribution in [1.82, 2.24) is 10.6 Å². The van der Waals surface area contributed by atoms with Gasteiger partial charge in [0.15, 0.2) is 9.84 Å². The zero-order valence-electron chi connectivity index (χ0n) is 13.3. The van der Waals surface area contributed by atoms with Crippen LogP contribution in [0.4, 0.5) is 0 Å².